The molecule has 1 aliphatic heterocycles. The van der Waals surface area contributed by atoms with Gasteiger partial charge in [-0.15, -0.1) is 0 Å². The molecule has 0 spiro atoms. The normalized spacial score (nSPS) is 16.5. The maximum atomic E-state index is 12.5. The zero-order valence-corrected chi connectivity index (χ0v) is 13.1. The van der Waals surface area contributed by atoms with E-state index in [-0.39, 0.29) is 28.8 Å². The lowest BCUT2D eigenvalue weighted by Crippen LogP contribution is -2.46. The Labute approximate surface area is 123 Å². The Balaban J connectivity index is 2.12. The van der Waals surface area contributed by atoms with Gasteiger partial charge in [0.1, 0.15) is 10.6 Å². The van der Waals surface area contributed by atoms with Crippen LogP contribution in [-0.2, 0) is 19.6 Å². The first-order valence-corrected chi connectivity index (χ1v) is 8.02. The van der Waals surface area contributed by atoms with Crippen LogP contribution in [0.3, 0.4) is 0 Å². The summed E-state index contributed by atoms with van der Waals surface area (Å²) in [5.74, 6) is -0.0192. The van der Waals surface area contributed by atoms with Gasteiger partial charge in [-0.25, -0.2) is 8.42 Å². The van der Waals surface area contributed by atoms with Crippen molar-refractivity contribution in [1.82, 2.24) is 14.4 Å². The fourth-order valence-electron chi connectivity index (χ4n) is 2.19. The number of aryl methyl sites for hydroxylation is 2. The van der Waals surface area contributed by atoms with Gasteiger partial charge in [-0.3, -0.25) is 4.79 Å². The third kappa shape index (κ3) is 3.25. The molecule has 0 unspecified atom stereocenters. The van der Waals surface area contributed by atoms with Gasteiger partial charge in [-0.2, -0.15) is 4.31 Å². The summed E-state index contributed by atoms with van der Waals surface area (Å²) >= 11 is 0. The number of likely N-dealkylation sites (N-methyl/N-ethyl adjacent to an activating group) is 1. The first-order chi connectivity index (χ1) is 9.84. The van der Waals surface area contributed by atoms with Crippen molar-refractivity contribution in [2.75, 3.05) is 39.9 Å². The third-order valence-corrected chi connectivity index (χ3v) is 5.41. The monoisotopic (exact) mass is 317 g/mol. The highest BCUT2D eigenvalue weighted by Gasteiger charge is 2.31. The Hall–Kier alpha value is -1.45. The SMILES string of the molecule is Cc1noc(C)c1S(=O)(=O)N(C)CC(=O)N1CCOCC1. The molecule has 21 heavy (non-hydrogen) atoms. The molecule has 2 rings (SSSR count). The number of carbonyl (C=O) groups is 1. The minimum Gasteiger partial charge on any atom is -0.378 e. The lowest BCUT2D eigenvalue weighted by Gasteiger charge is -2.28. The van der Waals surface area contributed by atoms with Crippen molar-refractivity contribution in [3.63, 3.8) is 0 Å². The molecule has 0 N–H and O–H groups in total. The summed E-state index contributed by atoms with van der Waals surface area (Å²) in [6.07, 6.45) is 0. The number of hydrogen-bond donors (Lipinski definition) is 0. The predicted octanol–water partition coefficient (Wildman–Crippen LogP) is -0.229. The van der Waals surface area contributed by atoms with Crippen LogP contribution in [0.15, 0.2) is 9.42 Å². The van der Waals surface area contributed by atoms with Crippen molar-refractivity contribution >= 4 is 15.9 Å². The van der Waals surface area contributed by atoms with Crippen LogP contribution in [0.25, 0.3) is 0 Å². The number of aromatic nitrogens is 1. The molecule has 0 radical (unpaired) electrons. The van der Waals surface area contributed by atoms with E-state index in [1.54, 1.807) is 11.8 Å². The van der Waals surface area contributed by atoms with Gasteiger partial charge in [-0.05, 0) is 13.8 Å². The van der Waals surface area contributed by atoms with E-state index in [1.807, 2.05) is 0 Å². The van der Waals surface area contributed by atoms with Gasteiger partial charge in [0.05, 0.1) is 19.8 Å². The second kappa shape index (κ2) is 6.12. The highest BCUT2D eigenvalue weighted by molar-refractivity contribution is 7.89. The molecule has 1 aliphatic rings. The summed E-state index contributed by atoms with van der Waals surface area (Å²) in [4.78, 5) is 13.7. The van der Waals surface area contributed by atoms with E-state index < -0.39 is 10.0 Å². The summed E-state index contributed by atoms with van der Waals surface area (Å²) < 4.78 is 36.0. The first-order valence-electron chi connectivity index (χ1n) is 6.58. The molecule has 0 atom stereocenters. The molecule has 9 heteroatoms. The highest BCUT2D eigenvalue weighted by Crippen LogP contribution is 2.22. The number of sulfonamides is 1. The van der Waals surface area contributed by atoms with Crippen molar-refractivity contribution in [3.8, 4) is 0 Å². The molecule has 1 saturated heterocycles. The van der Waals surface area contributed by atoms with Crippen LogP contribution in [0.4, 0.5) is 0 Å². The molecule has 0 saturated carbocycles. The standard InChI is InChI=1S/C12H19N3O5S/c1-9-12(10(2)20-13-9)21(17,18)14(3)8-11(16)15-4-6-19-7-5-15/h4-8H2,1-3H3. The van der Waals surface area contributed by atoms with Crippen molar-refractivity contribution in [1.29, 1.82) is 0 Å². The van der Waals surface area contributed by atoms with E-state index in [9.17, 15) is 13.2 Å². The van der Waals surface area contributed by atoms with Crippen LogP contribution in [0, 0.1) is 13.8 Å². The summed E-state index contributed by atoms with van der Waals surface area (Å²) in [6, 6.07) is 0. The van der Waals surface area contributed by atoms with Gasteiger partial charge in [0, 0.05) is 20.1 Å². The smallest absolute Gasteiger partial charge is 0.248 e. The quantitative estimate of drug-likeness (QED) is 0.761. The summed E-state index contributed by atoms with van der Waals surface area (Å²) in [5, 5.41) is 3.64. The van der Waals surface area contributed by atoms with Gasteiger partial charge < -0.3 is 14.2 Å². The average Bonchev–Trinajstić information content (AvgIpc) is 2.79. The summed E-state index contributed by atoms with van der Waals surface area (Å²) in [5.41, 5.74) is 0.290. The van der Waals surface area contributed by atoms with Crippen LogP contribution in [-0.4, -0.2) is 68.6 Å². The molecule has 118 valence electrons. The second-order valence-corrected chi connectivity index (χ2v) is 6.89. The van der Waals surface area contributed by atoms with Gasteiger partial charge in [0.2, 0.25) is 15.9 Å². The van der Waals surface area contributed by atoms with Crippen molar-refractivity contribution < 1.29 is 22.5 Å². The Kier molecular flexibility index (Phi) is 4.64. The minimum absolute atomic E-state index is 0.0276. The fourth-order valence-corrected chi connectivity index (χ4v) is 3.59. The van der Waals surface area contributed by atoms with Crippen LogP contribution in [0.1, 0.15) is 11.5 Å². The topological polar surface area (TPSA) is 93.0 Å². The third-order valence-electron chi connectivity index (χ3n) is 3.36. The van der Waals surface area contributed by atoms with Gasteiger partial charge >= 0.3 is 0 Å². The number of ether oxygens (including phenoxy) is 1. The predicted molar refractivity (Wildman–Crippen MR) is 73.2 cm³/mol. The summed E-state index contributed by atoms with van der Waals surface area (Å²) in [6.45, 7) is 4.80. The lowest BCUT2D eigenvalue weighted by molar-refractivity contribution is -0.135. The molecule has 2 heterocycles. The maximum Gasteiger partial charge on any atom is 0.248 e. The van der Waals surface area contributed by atoms with E-state index in [1.165, 1.54) is 14.0 Å². The Bertz CT molecular complexity index is 599. The summed E-state index contributed by atoms with van der Waals surface area (Å²) in [7, 11) is -2.42. The first kappa shape index (κ1) is 15.9. The molecule has 1 aromatic rings. The second-order valence-electron chi connectivity index (χ2n) is 4.91. The number of morpholine rings is 1. The van der Waals surface area contributed by atoms with E-state index in [4.69, 9.17) is 9.26 Å². The molecular weight excluding hydrogens is 298 g/mol. The maximum absolute atomic E-state index is 12.5. The Morgan fingerprint density at radius 3 is 2.48 bits per heavy atom. The van der Waals surface area contributed by atoms with Gasteiger partial charge in [0.25, 0.3) is 0 Å². The number of amides is 1. The number of carbonyl (C=O) groups excluding carboxylic acids is 1. The largest absolute Gasteiger partial charge is 0.378 e. The molecule has 1 fully saturated rings. The average molecular weight is 317 g/mol. The van der Waals surface area contributed by atoms with Crippen LogP contribution in [0.5, 0.6) is 0 Å². The van der Waals surface area contributed by atoms with Gasteiger partial charge in [0.15, 0.2) is 5.76 Å². The Morgan fingerprint density at radius 2 is 1.95 bits per heavy atom. The zero-order valence-electron chi connectivity index (χ0n) is 12.3. The number of nitrogens with zero attached hydrogens (tertiary/aromatic N) is 3. The fraction of sp³-hybridized carbons (Fsp3) is 0.667. The highest BCUT2D eigenvalue weighted by atomic mass is 32.2. The molecule has 8 nitrogen and oxygen atoms in total. The van der Waals surface area contributed by atoms with E-state index >= 15 is 0 Å². The van der Waals surface area contributed by atoms with Crippen LogP contribution in [0.2, 0.25) is 0 Å². The molecule has 0 bridgehead atoms. The number of rotatable bonds is 4. The van der Waals surface area contributed by atoms with Crippen molar-refractivity contribution in [3.05, 3.63) is 11.5 Å². The van der Waals surface area contributed by atoms with E-state index in [2.05, 4.69) is 5.16 Å². The van der Waals surface area contributed by atoms with Crippen molar-refractivity contribution in [2.24, 2.45) is 0 Å². The molecule has 1 amide bonds. The molecular formula is C12H19N3O5S. The molecule has 1 aromatic heterocycles. The van der Waals surface area contributed by atoms with Crippen molar-refractivity contribution in [2.45, 2.75) is 18.7 Å². The van der Waals surface area contributed by atoms with Gasteiger partial charge in [-0.1, -0.05) is 5.16 Å². The van der Waals surface area contributed by atoms with Crippen LogP contribution >= 0.6 is 0 Å². The van der Waals surface area contributed by atoms with E-state index in [0.29, 0.717) is 26.3 Å². The minimum atomic E-state index is -3.79. The molecule has 0 aliphatic carbocycles. The zero-order chi connectivity index (χ0) is 15.6. The number of hydrogen-bond acceptors (Lipinski definition) is 6. The molecule has 0 aromatic carbocycles. The van der Waals surface area contributed by atoms with E-state index in [0.717, 1.165) is 4.31 Å². The van der Waals surface area contributed by atoms with Crippen LogP contribution < -0.4 is 0 Å². The Morgan fingerprint density at radius 1 is 1.33 bits per heavy atom. The lowest BCUT2D eigenvalue weighted by atomic mass is 10.4.